The molecule has 1 saturated carbocycles. The molecule has 1 aromatic rings. The lowest BCUT2D eigenvalue weighted by atomic mass is 9.65. The fourth-order valence-corrected chi connectivity index (χ4v) is 3.19. The molecule has 6 heteroatoms. The smallest absolute Gasteiger partial charge is 0.191 e. The first-order chi connectivity index (χ1) is 10.9. The third-order valence-electron chi connectivity index (χ3n) is 5.25. The van der Waals surface area contributed by atoms with Gasteiger partial charge in [0.1, 0.15) is 5.82 Å². The molecule has 2 fully saturated rings. The van der Waals surface area contributed by atoms with Crippen LogP contribution in [0.3, 0.4) is 0 Å². The summed E-state index contributed by atoms with van der Waals surface area (Å²) in [6.07, 6.45) is 0.392. The van der Waals surface area contributed by atoms with E-state index in [9.17, 15) is 9.50 Å². The summed E-state index contributed by atoms with van der Waals surface area (Å²) >= 11 is 0. The van der Waals surface area contributed by atoms with Crippen LogP contribution in [-0.4, -0.2) is 54.3 Å². The van der Waals surface area contributed by atoms with Crippen LogP contribution in [0.1, 0.15) is 20.3 Å². The van der Waals surface area contributed by atoms with Crippen LogP contribution in [0.5, 0.6) is 0 Å². The van der Waals surface area contributed by atoms with Gasteiger partial charge in [0.05, 0.1) is 12.1 Å². The Balaban J connectivity index is 1.57. The van der Waals surface area contributed by atoms with Crippen LogP contribution in [0, 0.1) is 11.2 Å². The van der Waals surface area contributed by atoms with Crippen LogP contribution in [0.15, 0.2) is 29.3 Å². The van der Waals surface area contributed by atoms with Gasteiger partial charge in [-0.1, -0.05) is 13.8 Å². The van der Waals surface area contributed by atoms with Gasteiger partial charge in [0.2, 0.25) is 0 Å². The fourth-order valence-electron chi connectivity index (χ4n) is 3.19. The van der Waals surface area contributed by atoms with Crippen LogP contribution in [0.4, 0.5) is 10.1 Å². The molecule has 126 valence electrons. The summed E-state index contributed by atoms with van der Waals surface area (Å²) in [6.45, 7) is 7.30. The van der Waals surface area contributed by atoms with E-state index in [1.165, 1.54) is 12.1 Å². The van der Waals surface area contributed by atoms with Gasteiger partial charge in [-0.25, -0.2) is 9.38 Å². The maximum Gasteiger partial charge on any atom is 0.191 e. The highest BCUT2D eigenvalue weighted by molar-refractivity contribution is 5.78. The van der Waals surface area contributed by atoms with Crippen molar-refractivity contribution in [1.29, 1.82) is 0 Å². The normalized spacial score (nSPS) is 27.7. The van der Waals surface area contributed by atoms with Crippen molar-refractivity contribution in [1.82, 2.24) is 4.90 Å². The zero-order valence-electron chi connectivity index (χ0n) is 13.7. The van der Waals surface area contributed by atoms with E-state index in [2.05, 4.69) is 14.8 Å². The first-order valence-corrected chi connectivity index (χ1v) is 8.15. The number of hydrogen-bond donors (Lipinski definition) is 2. The van der Waals surface area contributed by atoms with Crippen LogP contribution >= 0.6 is 0 Å². The highest BCUT2D eigenvalue weighted by atomic mass is 19.1. The Morgan fingerprint density at radius 3 is 2.35 bits per heavy atom. The predicted octanol–water partition coefficient (Wildman–Crippen LogP) is 1.42. The van der Waals surface area contributed by atoms with Gasteiger partial charge in [-0.3, -0.25) is 0 Å². The maximum atomic E-state index is 13.0. The highest BCUT2D eigenvalue weighted by Gasteiger charge is 2.47. The Labute approximate surface area is 136 Å². The van der Waals surface area contributed by atoms with E-state index in [1.807, 2.05) is 13.8 Å². The molecule has 0 spiro atoms. The number of benzene rings is 1. The molecular weight excluding hydrogens is 295 g/mol. The van der Waals surface area contributed by atoms with Crippen molar-refractivity contribution in [2.75, 3.05) is 31.1 Å². The van der Waals surface area contributed by atoms with E-state index in [0.717, 1.165) is 31.9 Å². The highest BCUT2D eigenvalue weighted by Crippen LogP contribution is 2.42. The molecule has 1 aliphatic carbocycles. The number of aliphatic imine (C=N–C) groups is 1. The molecule has 2 unspecified atom stereocenters. The van der Waals surface area contributed by atoms with Gasteiger partial charge in [0.15, 0.2) is 5.96 Å². The van der Waals surface area contributed by atoms with Crippen molar-refractivity contribution in [2.24, 2.45) is 16.1 Å². The van der Waals surface area contributed by atoms with E-state index in [4.69, 9.17) is 5.73 Å². The van der Waals surface area contributed by atoms with Crippen molar-refractivity contribution in [3.63, 3.8) is 0 Å². The number of rotatable bonds is 2. The third-order valence-corrected chi connectivity index (χ3v) is 5.25. The number of nitrogens with two attached hydrogens (primary N) is 1. The second-order valence-corrected chi connectivity index (χ2v) is 7.03. The van der Waals surface area contributed by atoms with Crippen LogP contribution in [0.2, 0.25) is 0 Å². The van der Waals surface area contributed by atoms with Gasteiger partial charge in [0, 0.05) is 37.3 Å². The zero-order valence-corrected chi connectivity index (χ0v) is 13.7. The molecule has 1 saturated heterocycles. The molecule has 23 heavy (non-hydrogen) atoms. The van der Waals surface area contributed by atoms with Crippen LogP contribution in [0.25, 0.3) is 0 Å². The molecule has 1 heterocycles. The molecule has 0 aromatic heterocycles. The summed E-state index contributed by atoms with van der Waals surface area (Å²) in [5.74, 6) is 0.350. The van der Waals surface area contributed by atoms with E-state index >= 15 is 0 Å². The average Bonchev–Trinajstić information content (AvgIpc) is 2.55. The Morgan fingerprint density at radius 2 is 1.83 bits per heavy atom. The minimum absolute atomic E-state index is 0.0904. The number of halogens is 1. The topological polar surface area (TPSA) is 65.1 Å². The van der Waals surface area contributed by atoms with E-state index in [1.54, 1.807) is 12.1 Å². The number of piperazine rings is 1. The summed E-state index contributed by atoms with van der Waals surface area (Å²) in [4.78, 5) is 8.92. The second-order valence-electron chi connectivity index (χ2n) is 7.03. The molecule has 0 radical (unpaired) electrons. The Bertz CT molecular complexity index is 579. The minimum Gasteiger partial charge on any atom is -0.392 e. The largest absolute Gasteiger partial charge is 0.392 e. The van der Waals surface area contributed by atoms with Crippen LogP contribution in [-0.2, 0) is 0 Å². The summed E-state index contributed by atoms with van der Waals surface area (Å²) in [6, 6.07) is 6.68. The lowest BCUT2D eigenvalue weighted by Crippen LogP contribution is -2.55. The van der Waals surface area contributed by atoms with Gasteiger partial charge in [-0.2, -0.15) is 0 Å². The number of aliphatic hydroxyl groups excluding tert-OH is 1. The molecule has 1 aromatic carbocycles. The van der Waals surface area contributed by atoms with Gasteiger partial charge in [0.25, 0.3) is 0 Å². The van der Waals surface area contributed by atoms with E-state index < -0.39 is 0 Å². The van der Waals surface area contributed by atoms with E-state index in [-0.39, 0.29) is 23.4 Å². The molecule has 0 amide bonds. The SMILES string of the molecule is CC1(C)C(O)CC1N=C(N)N1CCN(c2ccc(F)cc2)CC1. The first kappa shape index (κ1) is 16.1. The summed E-state index contributed by atoms with van der Waals surface area (Å²) in [5.41, 5.74) is 6.99. The quantitative estimate of drug-likeness (QED) is 0.639. The lowest BCUT2D eigenvalue weighted by molar-refractivity contribution is -0.0579. The van der Waals surface area contributed by atoms with Gasteiger partial charge < -0.3 is 20.6 Å². The summed E-state index contributed by atoms with van der Waals surface area (Å²) < 4.78 is 13.0. The monoisotopic (exact) mass is 320 g/mol. The average molecular weight is 320 g/mol. The third kappa shape index (κ3) is 3.13. The van der Waals surface area contributed by atoms with Crippen molar-refractivity contribution in [3.05, 3.63) is 30.1 Å². The second kappa shape index (κ2) is 6.00. The Hall–Kier alpha value is -1.82. The van der Waals surface area contributed by atoms with E-state index in [0.29, 0.717) is 12.4 Å². The number of anilines is 1. The summed E-state index contributed by atoms with van der Waals surface area (Å²) in [7, 11) is 0. The summed E-state index contributed by atoms with van der Waals surface area (Å²) in [5, 5.41) is 9.79. The van der Waals surface area contributed by atoms with Crippen molar-refractivity contribution < 1.29 is 9.50 Å². The first-order valence-electron chi connectivity index (χ1n) is 8.15. The molecular formula is C17H25FN4O. The molecule has 3 rings (SSSR count). The molecule has 2 atom stereocenters. The molecule has 5 nitrogen and oxygen atoms in total. The van der Waals surface area contributed by atoms with Crippen molar-refractivity contribution >= 4 is 11.6 Å². The lowest BCUT2D eigenvalue weighted by Gasteiger charge is -2.47. The van der Waals surface area contributed by atoms with Gasteiger partial charge in [-0.05, 0) is 30.7 Å². The van der Waals surface area contributed by atoms with Gasteiger partial charge >= 0.3 is 0 Å². The maximum absolute atomic E-state index is 13.0. The molecule has 2 aliphatic rings. The van der Waals surface area contributed by atoms with Crippen molar-refractivity contribution in [2.45, 2.75) is 32.4 Å². The molecule has 3 N–H and O–H groups in total. The standard InChI is InChI=1S/C17H25FN4O/c1-17(2)14(11-15(17)23)20-16(19)22-9-7-21(8-10-22)13-5-3-12(18)4-6-13/h3-6,14-15,23H,7-11H2,1-2H3,(H2,19,20). The van der Waals surface area contributed by atoms with Crippen LogP contribution < -0.4 is 10.6 Å². The van der Waals surface area contributed by atoms with Gasteiger partial charge in [-0.15, -0.1) is 0 Å². The zero-order chi connectivity index (χ0) is 16.6. The Morgan fingerprint density at radius 1 is 1.22 bits per heavy atom. The Kier molecular flexibility index (Phi) is 4.19. The molecule has 1 aliphatic heterocycles. The number of guanidine groups is 1. The minimum atomic E-state index is -0.292. The molecule has 0 bridgehead atoms. The fraction of sp³-hybridized carbons (Fsp3) is 0.588. The number of hydrogen-bond acceptors (Lipinski definition) is 3. The number of aliphatic hydroxyl groups is 1. The predicted molar refractivity (Wildman–Crippen MR) is 90.0 cm³/mol. The van der Waals surface area contributed by atoms with Crippen molar-refractivity contribution in [3.8, 4) is 0 Å². The number of nitrogens with zero attached hydrogens (tertiary/aromatic N) is 3.